The van der Waals surface area contributed by atoms with Gasteiger partial charge in [-0.2, -0.15) is 15.4 Å². The fraction of sp³-hybridized carbons (Fsp3) is 0. The number of aromatic nitrogens is 3. The third-order valence-electron chi connectivity index (χ3n) is 1.55. The van der Waals surface area contributed by atoms with Crippen molar-refractivity contribution >= 4 is 16.7 Å². The average molecular weight is 165 g/mol. The van der Waals surface area contributed by atoms with Crippen LogP contribution in [-0.4, -0.2) is 15.4 Å². The number of quaternary nitrogens is 1. The normalized spacial score (nSPS) is 11.2. The van der Waals surface area contributed by atoms with Crippen molar-refractivity contribution < 1.29 is 5.23 Å². The number of nitrogens with one attached hydrogen (secondary N) is 2. The number of aromatic amines is 1. The van der Waals surface area contributed by atoms with Crippen molar-refractivity contribution in [1.29, 1.82) is 0 Å². The van der Waals surface area contributed by atoms with Crippen LogP contribution >= 0.6 is 0 Å². The highest BCUT2D eigenvalue weighted by molar-refractivity contribution is 5.76. The van der Waals surface area contributed by atoms with Crippen molar-refractivity contribution in [3.8, 4) is 0 Å². The van der Waals surface area contributed by atoms with Gasteiger partial charge in [0.2, 0.25) is 0 Å². The number of rotatable bonds is 1. The SMILES string of the molecule is [O-][NH+]([O-])c1ccc2n[nH]nc2c1. The monoisotopic (exact) mass is 165 g/mol. The molecule has 0 spiro atoms. The molecule has 0 amide bonds. The maximum absolute atomic E-state index is 10.4. The zero-order valence-electron chi connectivity index (χ0n) is 5.94. The molecule has 0 aliphatic rings. The summed E-state index contributed by atoms with van der Waals surface area (Å²) in [4.78, 5) is 0. The molecule has 0 aliphatic carbocycles. The largest absolute Gasteiger partial charge is 0.628 e. The first-order chi connectivity index (χ1) is 5.77. The van der Waals surface area contributed by atoms with Crippen LogP contribution in [0.15, 0.2) is 18.2 Å². The number of fused-ring (bicyclic) bond motifs is 1. The number of H-pyrrole nitrogens is 1. The Hall–Kier alpha value is -1.50. The van der Waals surface area contributed by atoms with Crippen molar-refractivity contribution in [2.45, 2.75) is 0 Å². The Kier molecular flexibility index (Phi) is 1.51. The first-order valence-corrected chi connectivity index (χ1v) is 3.29. The molecule has 6 nitrogen and oxygen atoms in total. The summed E-state index contributed by atoms with van der Waals surface area (Å²) in [7, 11) is 0. The standard InChI is InChI=1S/C6H5N4O2/c11-10(12)4-1-2-5-6(3-4)8-9-7-5/h1-3,10H,(H,7,8,9)/q-1. The molecular formula is C6H5N4O2-. The third kappa shape index (κ3) is 1.03. The highest BCUT2D eigenvalue weighted by Gasteiger charge is 2.00. The Balaban J connectivity index is 2.60. The van der Waals surface area contributed by atoms with E-state index in [1.54, 1.807) is 6.07 Å². The van der Waals surface area contributed by atoms with Crippen LogP contribution < -0.4 is 5.23 Å². The molecule has 12 heavy (non-hydrogen) atoms. The Morgan fingerprint density at radius 2 is 1.92 bits per heavy atom. The fourth-order valence-electron chi connectivity index (χ4n) is 0.967. The topological polar surface area (TPSA) is 92.1 Å². The summed E-state index contributed by atoms with van der Waals surface area (Å²) in [5.41, 5.74) is 1.27. The zero-order valence-corrected chi connectivity index (χ0v) is 5.94. The van der Waals surface area contributed by atoms with Gasteiger partial charge in [0.15, 0.2) is 0 Å². The minimum absolute atomic E-state index is 0.108. The van der Waals surface area contributed by atoms with Crippen molar-refractivity contribution in [2.24, 2.45) is 0 Å². The van der Waals surface area contributed by atoms with Gasteiger partial charge in [-0.1, -0.05) is 0 Å². The molecular weight excluding hydrogens is 160 g/mol. The predicted molar refractivity (Wildman–Crippen MR) is 41.2 cm³/mol. The van der Waals surface area contributed by atoms with E-state index >= 15 is 0 Å². The summed E-state index contributed by atoms with van der Waals surface area (Å²) in [6.07, 6.45) is 0. The van der Waals surface area contributed by atoms with Gasteiger partial charge < -0.3 is 15.6 Å². The molecule has 0 bridgehead atoms. The first kappa shape index (κ1) is 7.17. The number of hydrogen-bond donors (Lipinski definition) is 2. The predicted octanol–water partition coefficient (Wildman–Crippen LogP) is -0.530. The van der Waals surface area contributed by atoms with E-state index in [1.165, 1.54) is 12.1 Å². The van der Waals surface area contributed by atoms with Gasteiger partial charge in [-0.3, -0.25) is 0 Å². The van der Waals surface area contributed by atoms with E-state index in [0.29, 0.717) is 11.0 Å². The van der Waals surface area contributed by atoms with Gasteiger partial charge in [0.05, 0.1) is 0 Å². The molecule has 0 radical (unpaired) electrons. The van der Waals surface area contributed by atoms with Crippen molar-refractivity contribution in [3.05, 3.63) is 28.6 Å². The van der Waals surface area contributed by atoms with E-state index in [1.807, 2.05) is 0 Å². The summed E-state index contributed by atoms with van der Waals surface area (Å²) in [5.74, 6) is 0. The lowest BCUT2D eigenvalue weighted by Gasteiger charge is -2.24. The quantitative estimate of drug-likeness (QED) is 0.555. The lowest BCUT2D eigenvalue weighted by atomic mass is 10.3. The summed E-state index contributed by atoms with van der Waals surface area (Å²) in [6, 6.07) is 4.41. The van der Waals surface area contributed by atoms with E-state index < -0.39 is 5.23 Å². The second-order valence-corrected chi connectivity index (χ2v) is 2.31. The molecule has 0 aliphatic heterocycles. The second-order valence-electron chi connectivity index (χ2n) is 2.31. The van der Waals surface area contributed by atoms with Crippen LogP contribution in [-0.2, 0) is 0 Å². The Morgan fingerprint density at radius 1 is 1.17 bits per heavy atom. The molecule has 0 saturated heterocycles. The third-order valence-corrected chi connectivity index (χ3v) is 1.55. The summed E-state index contributed by atoms with van der Waals surface area (Å²) in [6.45, 7) is 0. The highest BCUT2D eigenvalue weighted by atomic mass is 16.8. The molecule has 6 heteroatoms. The summed E-state index contributed by atoms with van der Waals surface area (Å²) in [5, 5.41) is 29.5. The number of benzene rings is 1. The van der Waals surface area contributed by atoms with Crippen LogP contribution in [0.4, 0.5) is 5.69 Å². The molecule has 2 aromatic rings. The lowest BCUT2D eigenvalue weighted by Crippen LogP contribution is -2.96. The van der Waals surface area contributed by atoms with Crippen LogP contribution in [0, 0.1) is 10.4 Å². The summed E-state index contributed by atoms with van der Waals surface area (Å²) < 4.78 is 0. The minimum atomic E-state index is -1.21. The van der Waals surface area contributed by atoms with E-state index in [-0.39, 0.29) is 5.69 Å². The molecule has 0 atom stereocenters. The van der Waals surface area contributed by atoms with Gasteiger partial charge in [-0.05, 0) is 6.07 Å². The number of nitrogens with zero attached hydrogens (tertiary/aromatic N) is 2. The molecule has 0 saturated carbocycles. The molecule has 1 heterocycles. The molecule has 2 N–H and O–H groups in total. The maximum Gasteiger partial charge on any atom is 0.133 e. The molecule has 62 valence electrons. The van der Waals surface area contributed by atoms with E-state index in [4.69, 9.17) is 0 Å². The highest BCUT2D eigenvalue weighted by Crippen LogP contribution is 2.10. The van der Waals surface area contributed by atoms with Crippen molar-refractivity contribution in [2.75, 3.05) is 0 Å². The second kappa shape index (κ2) is 2.52. The maximum atomic E-state index is 10.4. The average Bonchev–Trinajstić information content (AvgIpc) is 2.49. The van der Waals surface area contributed by atoms with E-state index in [0.717, 1.165) is 0 Å². The Labute approximate surface area is 67.0 Å². The Bertz CT molecular complexity index is 397. The van der Waals surface area contributed by atoms with E-state index in [9.17, 15) is 10.4 Å². The zero-order chi connectivity index (χ0) is 8.55. The van der Waals surface area contributed by atoms with Crippen LogP contribution in [0.2, 0.25) is 0 Å². The van der Waals surface area contributed by atoms with Crippen LogP contribution in [0.5, 0.6) is 0 Å². The van der Waals surface area contributed by atoms with Crippen LogP contribution in [0.1, 0.15) is 0 Å². The van der Waals surface area contributed by atoms with Gasteiger partial charge in [-0.25, -0.2) is 0 Å². The first-order valence-electron chi connectivity index (χ1n) is 3.29. The minimum Gasteiger partial charge on any atom is -0.628 e. The van der Waals surface area contributed by atoms with Crippen molar-refractivity contribution in [1.82, 2.24) is 15.4 Å². The number of hydrogen-bond acceptors (Lipinski definition) is 4. The van der Waals surface area contributed by atoms with Gasteiger partial charge >= 0.3 is 0 Å². The van der Waals surface area contributed by atoms with Crippen LogP contribution in [0.3, 0.4) is 0 Å². The summed E-state index contributed by atoms with van der Waals surface area (Å²) >= 11 is 0. The van der Waals surface area contributed by atoms with Gasteiger partial charge in [-0.15, -0.1) is 0 Å². The van der Waals surface area contributed by atoms with Gasteiger partial charge in [0.1, 0.15) is 16.7 Å². The Morgan fingerprint density at radius 3 is 2.67 bits per heavy atom. The lowest BCUT2D eigenvalue weighted by molar-refractivity contribution is -0.715. The molecule has 0 unspecified atom stereocenters. The fourth-order valence-corrected chi connectivity index (χ4v) is 0.967. The van der Waals surface area contributed by atoms with Crippen LogP contribution in [0.25, 0.3) is 11.0 Å². The van der Waals surface area contributed by atoms with Crippen molar-refractivity contribution in [3.63, 3.8) is 0 Å². The molecule has 2 rings (SSSR count). The van der Waals surface area contributed by atoms with Gasteiger partial charge in [0.25, 0.3) is 0 Å². The molecule has 0 fully saturated rings. The molecule has 1 aromatic heterocycles. The van der Waals surface area contributed by atoms with Gasteiger partial charge in [0, 0.05) is 12.1 Å². The van der Waals surface area contributed by atoms with E-state index in [2.05, 4.69) is 15.4 Å². The smallest absolute Gasteiger partial charge is 0.133 e. The molecule has 1 aromatic carbocycles.